The normalized spacial score (nSPS) is 11.4. The number of thioether (sulfide) groups is 1. The van der Waals surface area contributed by atoms with Gasteiger partial charge in [0, 0.05) is 5.75 Å². The number of halogens is 4. The maximum absolute atomic E-state index is 10.5. The van der Waals surface area contributed by atoms with E-state index >= 15 is 0 Å². The van der Waals surface area contributed by atoms with Crippen LogP contribution >= 0.6 is 58.2 Å². The maximum Gasteiger partial charge on any atom is 0.186 e. The molecule has 1 atom stereocenters. The van der Waals surface area contributed by atoms with Crippen LogP contribution in [0.3, 0.4) is 0 Å². The number of amidine groups is 1. The van der Waals surface area contributed by atoms with Gasteiger partial charge in [0.25, 0.3) is 0 Å². The van der Waals surface area contributed by atoms with E-state index in [0.29, 0.717) is 20.8 Å². The van der Waals surface area contributed by atoms with Crippen molar-refractivity contribution in [1.82, 2.24) is 0 Å². The highest BCUT2D eigenvalue weighted by Crippen LogP contribution is 2.24. The topological polar surface area (TPSA) is 87.2 Å². The monoisotopic (exact) mass is 444 g/mol. The summed E-state index contributed by atoms with van der Waals surface area (Å²) in [7, 11) is 0. The van der Waals surface area contributed by atoms with Gasteiger partial charge in [0.15, 0.2) is 16.2 Å². The average Bonchev–Trinajstić information content (AvgIpc) is 2.51. The molecule has 0 radical (unpaired) electrons. The highest BCUT2D eigenvalue weighted by atomic mass is 35.5. The van der Waals surface area contributed by atoms with Gasteiger partial charge in [0.2, 0.25) is 0 Å². The van der Waals surface area contributed by atoms with Gasteiger partial charge in [-0.25, -0.2) is 4.21 Å². The van der Waals surface area contributed by atoms with Crippen LogP contribution in [0.5, 0.6) is 0 Å². The number of hydrogen-bond donors (Lipinski definition) is 3. The standard InChI is InChI=1S/C8H8Cl2N2S.C6H4Cl2O2S/c9-6-2-1-5(3-7(6)10)4-13-8(11)12;7-5-2-1-4(11(9)10)3-6(5)8/h1-3H,4H2,(H3,11,12);1-3H,(H,9,10). The Hall–Kier alpha value is -0.470. The molecule has 2 rings (SSSR count). The van der Waals surface area contributed by atoms with Crippen LogP contribution in [0.4, 0.5) is 0 Å². The van der Waals surface area contributed by atoms with E-state index in [1.807, 2.05) is 6.07 Å². The molecule has 0 heterocycles. The molecule has 0 spiro atoms. The van der Waals surface area contributed by atoms with Gasteiger partial charge < -0.3 is 10.3 Å². The zero-order chi connectivity index (χ0) is 18.3. The van der Waals surface area contributed by atoms with E-state index in [1.54, 1.807) is 12.1 Å². The van der Waals surface area contributed by atoms with E-state index in [4.69, 9.17) is 62.1 Å². The summed E-state index contributed by atoms with van der Waals surface area (Å²) < 4.78 is 19.1. The van der Waals surface area contributed by atoms with Crippen LogP contribution in [-0.4, -0.2) is 13.9 Å². The molecule has 4 nitrogen and oxygen atoms in total. The van der Waals surface area contributed by atoms with Crippen LogP contribution in [0.15, 0.2) is 41.3 Å². The first-order valence-corrected chi connectivity index (χ1v) is 9.77. The summed E-state index contributed by atoms with van der Waals surface area (Å²) in [6.45, 7) is 0. The van der Waals surface area contributed by atoms with E-state index in [9.17, 15) is 4.21 Å². The Kier molecular flexibility index (Phi) is 9.44. The summed E-state index contributed by atoms with van der Waals surface area (Å²) in [4.78, 5) is 0.249. The Morgan fingerprint density at radius 1 is 1.04 bits per heavy atom. The molecule has 2 aromatic carbocycles. The van der Waals surface area contributed by atoms with Gasteiger partial charge in [0.05, 0.1) is 25.0 Å². The molecule has 4 N–H and O–H groups in total. The minimum Gasteiger partial charge on any atom is -0.379 e. The first-order chi connectivity index (χ1) is 11.2. The first-order valence-electron chi connectivity index (χ1n) is 6.17. The quantitative estimate of drug-likeness (QED) is 0.321. The van der Waals surface area contributed by atoms with Crippen LogP contribution in [0.1, 0.15) is 5.56 Å². The molecule has 0 saturated carbocycles. The Balaban J connectivity index is 0.000000243. The summed E-state index contributed by atoms with van der Waals surface area (Å²) in [6, 6.07) is 9.67. The lowest BCUT2D eigenvalue weighted by Crippen LogP contribution is -2.03. The Morgan fingerprint density at radius 3 is 2.04 bits per heavy atom. The van der Waals surface area contributed by atoms with Crippen molar-refractivity contribution >= 4 is 74.4 Å². The lowest BCUT2D eigenvalue weighted by molar-refractivity contribution is 0.564. The fraction of sp³-hybridized carbons (Fsp3) is 0.0714. The number of rotatable bonds is 3. The van der Waals surface area contributed by atoms with Gasteiger partial charge in [0.1, 0.15) is 0 Å². The van der Waals surface area contributed by atoms with Gasteiger partial charge in [-0.05, 0) is 35.9 Å². The minimum atomic E-state index is -1.99. The third-order valence-electron chi connectivity index (χ3n) is 2.47. The third-order valence-corrected chi connectivity index (χ3v) is 5.39. The number of nitrogens with one attached hydrogen (secondary N) is 1. The zero-order valence-corrected chi connectivity index (χ0v) is 16.6. The van der Waals surface area contributed by atoms with Gasteiger partial charge >= 0.3 is 0 Å². The van der Waals surface area contributed by atoms with Crippen LogP contribution in [0.25, 0.3) is 0 Å². The first kappa shape index (κ1) is 21.6. The van der Waals surface area contributed by atoms with Crippen LogP contribution in [-0.2, 0) is 16.8 Å². The van der Waals surface area contributed by atoms with Gasteiger partial charge in [-0.15, -0.1) is 0 Å². The predicted octanol–water partition coefficient (Wildman–Crippen LogP) is 5.69. The third kappa shape index (κ3) is 7.61. The molecule has 0 aliphatic rings. The van der Waals surface area contributed by atoms with E-state index in [1.165, 1.54) is 30.0 Å². The van der Waals surface area contributed by atoms with Crippen molar-refractivity contribution < 1.29 is 8.76 Å². The lowest BCUT2D eigenvalue weighted by atomic mass is 10.2. The second-order valence-electron chi connectivity index (χ2n) is 4.23. The number of hydrogen-bond acceptors (Lipinski definition) is 3. The van der Waals surface area contributed by atoms with Crippen molar-refractivity contribution in [3.8, 4) is 0 Å². The molecule has 0 saturated heterocycles. The van der Waals surface area contributed by atoms with Crippen LogP contribution < -0.4 is 5.73 Å². The molecule has 1 unspecified atom stereocenters. The van der Waals surface area contributed by atoms with E-state index in [0.717, 1.165) is 5.56 Å². The zero-order valence-electron chi connectivity index (χ0n) is 11.9. The average molecular weight is 446 g/mol. The number of nitrogens with two attached hydrogens (primary N) is 1. The molecule has 2 aromatic rings. The minimum absolute atomic E-state index is 0.103. The fourth-order valence-electron chi connectivity index (χ4n) is 1.38. The Labute approximate surface area is 166 Å². The Bertz CT molecular complexity index is 760. The summed E-state index contributed by atoms with van der Waals surface area (Å²) in [5.41, 5.74) is 6.20. The molecule has 0 amide bonds. The predicted molar refractivity (Wildman–Crippen MR) is 105 cm³/mol. The van der Waals surface area contributed by atoms with E-state index in [-0.39, 0.29) is 15.1 Å². The van der Waals surface area contributed by atoms with Crippen molar-refractivity contribution in [2.75, 3.05) is 0 Å². The molecule has 10 heteroatoms. The van der Waals surface area contributed by atoms with Crippen molar-refractivity contribution in [2.45, 2.75) is 10.6 Å². The second kappa shape index (κ2) is 10.5. The molecule has 0 fully saturated rings. The molecule has 0 aromatic heterocycles. The molecular weight excluding hydrogens is 434 g/mol. The number of benzene rings is 2. The van der Waals surface area contributed by atoms with Gasteiger partial charge in [-0.2, -0.15) is 0 Å². The summed E-state index contributed by atoms with van der Waals surface area (Å²) >= 11 is 22.0. The molecule has 0 aliphatic carbocycles. The lowest BCUT2D eigenvalue weighted by Gasteiger charge is -2.01. The van der Waals surface area contributed by atoms with Gasteiger partial charge in [-0.1, -0.05) is 64.2 Å². The van der Waals surface area contributed by atoms with Gasteiger partial charge in [-0.3, -0.25) is 5.41 Å². The molecule has 24 heavy (non-hydrogen) atoms. The SMILES string of the molecule is N=C(N)SCc1ccc(Cl)c(Cl)c1.O=S(O)c1ccc(Cl)c(Cl)c1. The maximum atomic E-state index is 10.5. The van der Waals surface area contributed by atoms with Crippen molar-refractivity contribution in [1.29, 1.82) is 5.41 Å². The van der Waals surface area contributed by atoms with E-state index < -0.39 is 11.1 Å². The molecule has 0 bridgehead atoms. The van der Waals surface area contributed by atoms with E-state index in [2.05, 4.69) is 0 Å². The summed E-state index contributed by atoms with van der Waals surface area (Å²) in [5, 5.41) is 8.85. The highest BCUT2D eigenvalue weighted by Gasteiger charge is 2.02. The largest absolute Gasteiger partial charge is 0.379 e. The molecule has 130 valence electrons. The second-order valence-corrected chi connectivity index (χ2v) is 7.84. The van der Waals surface area contributed by atoms with Crippen molar-refractivity contribution in [2.24, 2.45) is 5.73 Å². The fourth-order valence-corrected chi connectivity index (χ4v) is 2.96. The Morgan fingerprint density at radius 2 is 1.58 bits per heavy atom. The molecular formula is C14H12Cl4N2O2S2. The highest BCUT2D eigenvalue weighted by molar-refractivity contribution is 8.13. The van der Waals surface area contributed by atoms with Crippen LogP contribution in [0.2, 0.25) is 20.1 Å². The van der Waals surface area contributed by atoms with Crippen molar-refractivity contribution in [3.05, 3.63) is 62.1 Å². The summed E-state index contributed by atoms with van der Waals surface area (Å²) in [5.74, 6) is 0.645. The molecule has 0 aliphatic heterocycles. The smallest absolute Gasteiger partial charge is 0.186 e. The van der Waals surface area contributed by atoms with Crippen molar-refractivity contribution in [3.63, 3.8) is 0 Å². The van der Waals surface area contributed by atoms with Crippen LogP contribution in [0, 0.1) is 5.41 Å². The summed E-state index contributed by atoms with van der Waals surface area (Å²) in [6.07, 6.45) is 0.